The predicted octanol–water partition coefficient (Wildman–Crippen LogP) is 3.21. The summed E-state index contributed by atoms with van der Waals surface area (Å²) in [5.41, 5.74) is -0.897. The molecular weight excluding hydrogens is 368 g/mol. The lowest BCUT2D eigenvalue weighted by molar-refractivity contribution is -0.233. The third kappa shape index (κ3) is 2.53. The minimum Gasteiger partial charge on any atom is -0.431 e. The van der Waals surface area contributed by atoms with Gasteiger partial charge in [0.25, 0.3) is 0 Å². The lowest BCUT2D eigenvalue weighted by atomic mass is 9.43. The van der Waals surface area contributed by atoms with Crippen molar-refractivity contribution < 1.29 is 19.7 Å². The molecule has 0 radical (unpaired) electrons. The Balaban J connectivity index is 1.52. The van der Waals surface area contributed by atoms with Crippen LogP contribution in [-0.4, -0.2) is 33.1 Å². The molecule has 9 atom stereocenters. The fourth-order valence-corrected chi connectivity index (χ4v) is 8.33. The Morgan fingerprint density at radius 3 is 2.52 bits per heavy atom. The number of fused-ring (bicyclic) bond motifs is 5. The van der Waals surface area contributed by atoms with Crippen LogP contribution in [0.1, 0.15) is 76.7 Å². The molecule has 4 aliphatic carbocycles. The molecule has 1 aromatic heterocycles. The molecular formula is C24H34O5. The summed E-state index contributed by atoms with van der Waals surface area (Å²) in [5.74, 6) is 0.951. The summed E-state index contributed by atoms with van der Waals surface area (Å²) in [6.45, 7) is 4.51. The highest BCUT2D eigenvalue weighted by molar-refractivity contribution is 5.29. The molecule has 160 valence electrons. The first kappa shape index (κ1) is 19.8. The van der Waals surface area contributed by atoms with Gasteiger partial charge in [0.15, 0.2) is 0 Å². The molecule has 1 heterocycles. The summed E-state index contributed by atoms with van der Waals surface area (Å²) in [6.07, 6.45) is 7.64. The average Bonchev–Trinajstić information content (AvgIpc) is 2.90. The molecule has 1 unspecified atom stereocenters. The fraction of sp³-hybridized carbons (Fsp3) is 0.792. The van der Waals surface area contributed by atoms with Crippen molar-refractivity contribution in [3.05, 3.63) is 34.4 Å². The molecule has 5 heteroatoms. The molecule has 29 heavy (non-hydrogen) atoms. The lowest BCUT2D eigenvalue weighted by Gasteiger charge is -2.64. The minimum absolute atomic E-state index is 0.0218. The standard InChI is InChI=1S/C24H34O5/c1-22-9-7-16(25)11-15(22)4-5-18-17(22)8-10-23(2)19(12-20(26)24(18,23)28)14-3-6-21(27)29-13-14/h3,6,13,15-20,25-26,28H,4-5,7-12H2,1-2H3/t15-,16+,17+,18?,19-,20+,22+,23-,24-/m1/s1. The van der Waals surface area contributed by atoms with Crippen LogP contribution in [0.25, 0.3) is 0 Å². The van der Waals surface area contributed by atoms with E-state index in [1.807, 2.05) is 0 Å². The van der Waals surface area contributed by atoms with Gasteiger partial charge in [-0.1, -0.05) is 13.8 Å². The van der Waals surface area contributed by atoms with Crippen LogP contribution in [0.4, 0.5) is 0 Å². The highest BCUT2D eigenvalue weighted by Crippen LogP contribution is 2.70. The third-order valence-corrected chi connectivity index (χ3v) is 9.98. The predicted molar refractivity (Wildman–Crippen MR) is 108 cm³/mol. The molecule has 0 bridgehead atoms. The van der Waals surface area contributed by atoms with Crippen LogP contribution >= 0.6 is 0 Å². The molecule has 4 saturated carbocycles. The van der Waals surface area contributed by atoms with Gasteiger partial charge < -0.3 is 19.7 Å². The third-order valence-electron chi connectivity index (χ3n) is 9.98. The molecule has 0 amide bonds. The van der Waals surface area contributed by atoms with Gasteiger partial charge in [-0.25, -0.2) is 4.79 Å². The summed E-state index contributed by atoms with van der Waals surface area (Å²) in [7, 11) is 0. The van der Waals surface area contributed by atoms with Gasteiger partial charge in [0.1, 0.15) is 0 Å². The van der Waals surface area contributed by atoms with Crippen molar-refractivity contribution in [1.82, 2.24) is 0 Å². The Labute approximate surface area is 172 Å². The van der Waals surface area contributed by atoms with Crippen LogP contribution in [-0.2, 0) is 0 Å². The van der Waals surface area contributed by atoms with E-state index in [0.717, 1.165) is 50.5 Å². The maximum atomic E-state index is 12.2. The lowest BCUT2D eigenvalue weighted by Crippen LogP contribution is -2.65. The molecule has 3 N–H and O–H groups in total. The molecule has 5 nitrogen and oxygen atoms in total. The van der Waals surface area contributed by atoms with Crippen LogP contribution < -0.4 is 5.63 Å². The van der Waals surface area contributed by atoms with Crippen molar-refractivity contribution >= 4 is 0 Å². The molecule has 5 rings (SSSR count). The van der Waals surface area contributed by atoms with Gasteiger partial charge >= 0.3 is 5.63 Å². The number of rotatable bonds is 1. The number of hydrogen-bond donors (Lipinski definition) is 3. The maximum absolute atomic E-state index is 12.2. The number of aliphatic hydroxyl groups is 3. The van der Waals surface area contributed by atoms with E-state index in [0.29, 0.717) is 18.3 Å². The van der Waals surface area contributed by atoms with Crippen molar-refractivity contribution in [2.45, 2.75) is 88.9 Å². The van der Waals surface area contributed by atoms with Gasteiger partial charge in [-0.3, -0.25) is 0 Å². The zero-order valence-electron chi connectivity index (χ0n) is 17.5. The van der Waals surface area contributed by atoms with Crippen molar-refractivity contribution in [2.24, 2.45) is 28.6 Å². The maximum Gasteiger partial charge on any atom is 0.335 e. The molecule has 0 aliphatic heterocycles. The molecule has 4 fully saturated rings. The summed E-state index contributed by atoms with van der Waals surface area (Å²) < 4.78 is 5.12. The van der Waals surface area contributed by atoms with Crippen molar-refractivity contribution in [2.75, 3.05) is 0 Å². The summed E-state index contributed by atoms with van der Waals surface area (Å²) in [4.78, 5) is 11.4. The summed E-state index contributed by atoms with van der Waals surface area (Å²) in [6, 6.07) is 3.24. The van der Waals surface area contributed by atoms with E-state index in [1.54, 1.807) is 6.07 Å². The summed E-state index contributed by atoms with van der Waals surface area (Å²) in [5, 5.41) is 33.6. The van der Waals surface area contributed by atoms with Crippen LogP contribution in [0.3, 0.4) is 0 Å². The van der Waals surface area contributed by atoms with Gasteiger partial charge in [-0.05, 0) is 92.1 Å². The van der Waals surface area contributed by atoms with E-state index in [2.05, 4.69) is 13.8 Å². The van der Waals surface area contributed by atoms with Gasteiger partial charge in [0.05, 0.1) is 24.1 Å². The van der Waals surface area contributed by atoms with E-state index < -0.39 is 17.1 Å². The van der Waals surface area contributed by atoms with Gasteiger partial charge in [0.2, 0.25) is 0 Å². The Kier molecular flexibility index (Phi) is 4.37. The Morgan fingerprint density at radius 1 is 1.00 bits per heavy atom. The van der Waals surface area contributed by atoms with Crippen molar-refractivity contribution in [1.29, 1.82) is 0 Å². The van der Waals surface area contributed by atoms with Crippen LogP contribution in [0.15, 0.2) is 27.6 Å². The molecule has 0 saturated heterocycles. The number of hydrogen-bond acceptors (Lipinski definition) is 5. The average molecular weight is 403 g/mol. The van der Waals surface area contributed by atoms with E-state index in [-0.39, 0.29) is 29.0 Å². The quantitative estimate of drug-likeness (QED) is 0.671. The van der Waals surface area contributed by atoms with E-state index in [9.17, 15) is 20.1 Å². The highest BCUT2D eigenvalue weighted by atomic mass is 16.4. The highest BCUT2D eigenvalue weighted by Gasteiger charge is 2.70. The second kappa shape index (κ2) is 6.41. The Morgan fingerprint density at radius 2 is 1.79 bits per heavy atom. The van der Waals surface area contributed by atoms with Gasteiger partial charge in [0, 0.05) is 11.5 Å². The zero-order valence-corrected chi connectivity index (χ0v) is 17.5. The zero-order chi connectivity index (χ0) is 20.6. The van der Waals surface area contributed by atoms with E-state index >= 15 is 0 Å². The Hall–Kier alpha value is -1.17. The largest absolute Gasteiger partial charge is 0.431 e. The smallest absolute Gasteiger partial charge is 0.335 e. The van der Waals surface area contributed by atoms with E-state index in [4.69, 9.17) is 4.42 Å². The normalized spacial score (nSPS) is 51.8. The first-order valence-electron chi connectivity index (χ1n) is 11.4. The number of aliphatic hydroxyl groups excluding tert-OH is 2. The molecule has 0 aromatic carbocycles. The summed E-state index contributed by atoms with van der Waals surface area (Å²) >= 11 is 0. The van der Waals surface area contributed by atoms with Gasteiger partial charge in [-0.15, -0.1) is 0 Å². The second-order valence-corrected chi connectivity index (χ2v) is 10.9. The fourth-order valence-electron chi connectivity index (χ4n) is 8.33. The van der Waals surface area contributed by atoms with Crippen molar-refractivity contribution in [3.8, 4) is 0 Å². The first-order valence-corrected chi connectivity index (χ1v) is 11.4. The molecule has 0 spiro atoms. The SMILES string of the molecule is C[C@]12CC[C@H](O)C[C@H]1CCC1[C@@H]2CC[C@]2(C)[C@@H](c3ccc(=O)oc3)C[C@H](O)[C@]12O. The van der Waals surface area contributed by atoms with E-state index in [1.165, 1.54) is 12.3 Å². The van der Waals surface area contributed by atoms with Crippen LogP contribution in [0, 0.1) is 28.6 Å². The minimum atomic E-state index is -1.12. The molecule has 1 aromatic rings. The second-order valence-electron chi connectivity index (χ2n) is 10.9. The van der Waals surface area contributed by atoms with Crippen molar-refractivity contribution in [3.63, 3.8) is 0 Å². The molecule has 4 aliphatic rings. The first-order chi connectivity index (χ1) is 13.7. The van der Waals surface area contributed by atoms with Gasteiger partial charge in [-0.2, -0.15) is 0 Å². The van der Waals surface area contributed by atoms with Crippen LogP contribution in [0.2, 0.25) is 0 Å². The van der Waals surface area contributed by atoms with Crippen LogP contribution in [0.5, 0.6) is 0 Å². The Bertz CT molecular complexity index is 829. The topological polar surface area (TPSA) is 90.9 Å². The monoisotopic (exact) mass is 402 g/mol.